The Balaban J connectivity index is 1.40. The largest absolute Gasteiger partial charge is 0.481 e. The van der Waals surface area contributed by atoms with Gasteiger partial charge in [0.15, 0.2) is 0 Å². The van der Waals surface area contributed by atoms with E-state index in [1.54, 1.807) is 54.7 Å². The summed E-state index contributed by atoms with van der Waals surface area (Å²) < 4.78 is 0. The van der Waals surface area contributed by atoms with Crippen molar-refractivity contribution in [3.8, 4) is 0 Å². The minimum absolute atomic E-state index is 0.000434. The zero-order valence-corrected chi connectivity index (χ0v) is 39.4. The minimum Gasteiger partial charge on any atom is -0.481 e. The first-order valence-electron chi connectivity index (χ1n) is 22.7. The third kappa shape index (κ3) is 16.1. The number of carboxylic acid groups (broad SMARTS) is 5. The highest BCUT2D eigenvalue weighted by Crippen LogP contribution is 2.33. The molecule has 0 aliphatic carbocycles. The topological polar surface area (TPSA) is 409 Å². The molecule has 392 valence electrons. The molecule has 26 nitrogen and oxygen atoms in total. The molecule has 4 aromatic rings. The number of benzene rings is 3. The van der Waals surface area contributed by atoms with E-state index in [4.69, 9.17) is 5.11 Å². The minimum atomic E-state index is -2.14. The van der Waals surface area contributed by atoms with E-state index >= 15 is 0 Å². The number of anilines is 2. The van der Waals surface area contributed by atoms with Gasteiger partial charge in [0.05, 0.1) is 37.2 Å². The molecule has 1 aromatic heterocycles. The van der Waals surface area contributed by atoms with E-state index in [0.29, 0.717) is 16.7 Å². The van der Waals surface area contributed by atoms with Crippen molar-refractivity contribution in [2.45, 2.75) is 94.7 Å². The zero-order valence-electron chi connectivity index (χ0n) is 39.4. The number of carbonyl (C=O) groups is 12. The van der Waals surface area contributed by atoms with Gasteiger partial charge in [-0.15, -0.1) is 0 Å². The van der Waals surface area contributed by atoms with E-state index in [1.807, 2.05) is 22.8 Å². The summed E-state index contributed by atoms with van der Waals surface area (Å²) in [6.07, 6.45) is -3.01. The quantitative estimate of drug-likeness (QED) is 0.0378. The predicted molar refractivity (Wildman–Crippen MR) is 257 cm³/mol. The standard InChI is InChI=1S/C48H53N9O17/c1-24(58)50-31(14-15-38(60)61)43(68)54-33(19-40(64)65)45(70)56-34(20-41(66)67)46(71)55-32(18-39(62)63)44(69)53-30-13-7-10-26-22-57(23-37(59)51-36(48(73)74)16-25-8-3-2-4-9-25)47(72)35(52-42(26)30)17-27-21-49-29-12-6-5-11-28(27)29/h2-13,21,31-36,49,52H,14-20,22-23H2,1H3,(H,50,58)(H,51,59)(H,53,69)(H,54,68)(H,55,71)(H,56,70)(H,60,61)(H,62,63)(H,64,65)(H,66,67)(H,73,74)/t31-,32-,33-,34-,35-,36-/m0/s1. The van der Waals surface area contributed by atoms with Crippen molar-refractivity contribution < 1.29 is 83.1 Å². The molecule has 2 heterocycles. The number of nitrogens with one attached hydrogen (secondary N) is 8. The van der Waals surface area contributed by atoms with Gasteiger partial charge in [-0.25, -0.2) is 4.79 Å². The van der Waals surface area contributed by atoms with Gasteiger partial charge in [-0.1, -0.05) is 60.7 Å². The monoisotopic (exact) mass is 1030 g/mol. The number of para-hydroxylation sites is 2. The summed E-state index contributed by atoms with van der Waals surface area (Å²) in [6.45, 7) is 0.124. The summed E-state index contributed by atoms with van der Waals surface area (Å²) in [6, 6.07) is 9.87. The number of fused-ring (bicyclic) bond motifs is 2. The Bertz CT molecular complexity index is 2820. The summed E-state index contributed by atoms with van der Waals surface area (Å²) in [7, 11) is 0. The number of aliphatic carboxylic acids is 5. The van der Waals surface area contributed by atoms with Crippen LogP contribution >= 0.6 is 0 Å². The van der Waals surface area contributed by atoms with E-state index in [1.165, 1.54) is 17.0 Å². The van der Waals surface area contributed by atoms with Crippen LogP contribution in [0.5, 0.6) is 0 Å². The molecule has 1 aliphatic heterocycles. The van der Waals surface area contributed by atoms with Crippen molar-refractivity contribution in [3.63, 3.8) is 0 Å². The van der Waals surface area contributed by atoms with Gasteiger partial charge in [0.25, 0.3) is 0 Å². The van der Waals surface area contributed by atoms with E-state index in [-0.39, 0.29) is 30.8 Å². The molecule has 0 saturated carbocycles. The third-order valence-electron chi connectivity index (χ3n) is 11.4. The first kappa shape index (κ1) is 55.6. The Labute approximate surface area is 419 Å². The molecule has 6 atom stereocenters. The van der Waals surface area contributed by atoms with Crippen molar-refractivity contribution in [2.24, 2.45) is 0 Å². The Morgan fingerprint density at radius 3 is 1.77 bits per heavy atom. The van der Waals surface area contributed by atoms with Crippen LogP contribution in [0.1, 0.15) is 55.7 Å². The predicted octanol–water partition coefficient (Wildman–Crippen LogP) is -0.468. The normalized spacial score (nSPS) is 15.0. The highest BCUT2D eigenvalue weighted by atomic mass is 16.4. The molecule has 0 unspecified atom stereocenters. The number of aromatic nitrogens is 1. The summed E-state index contributed by atoms with van der Waals surface area (Å²) in [5.74, 6) is -15.2. The SMILES string of the molecule is CC(=O)N[C@@H](CCC(=O)O)C(=O)N[C@@H](CC(=O)O)C(=O)N[C@@H](CC(=O)O)C(=O)N[C@@H](CC(=O)O)C(=O)Nc1cccc2c1N[C@@H](Cc1c[nH]c3ccccc13)C(=O)N(CC(=O)N[C@@H](Cc1ccccc1)C(=O)O)C2. The van der Waals surface area contributed by atoms with Crippen molar-refractivity contribution in [1.29, 1.82) is 0 Å². The molecular weight excluding hydrogens is 975 g/mol. The molecule has 0 spiro atoms. The van der Waals surface area contributed by atoms with Gasteiger partial charge in [-0.05, 0) is 35.2 Å². The van der Waals surface area contributed by atoms with Crippen LogP contribution in [-0.4, -0.2) is 149 Å². The van der Waals surface area contributed by atoms with Crippen LogP contribution in [0.3, 0.4) is 0 Å². The second kappa shape index (κ2) is 25.7. The first-order chi connectivity index (χ1) is 35.1. The van der Waals surface area contributed by atoms with Crippen molar-refractivity contribution >= 4 is 93.5 Å². The Kier molecular flexibility index (Phi) is 19.3. The van der Waals surface area contributed by atoms with Crippen LogP contribution in [0.2, 0.25) is 0 Å². The lowest BCUT2D eigenvalue weighted by Gasteiger charge is -2.25. The van der Waals surface area contributed by atoms with Crippen molar-refractivity contribution in [3.05, 3.63) is 95.7 Å². The van der Waals surface area contributed by atoms with Crippen LogP contribution in [-0.2, 0) is 76.9 Å². The Morgan fingerprint density at radius 1 is 0.635 bits per heavy atom. The van der Waals surface area contributed by atoms with Gasteiger partial charge in [-0.2, -0.15) is 0 Å². The van der Waals surface area contributed by atoms with E-state index in [2.05, 4.69) is 31.6 Å². The second-order valence-electron chi connectivity index (χ2n) is 17.1. The summed E-state index contributed by atoms with van der Waals surface area (Å²) >= 11 is 0. The summed E-state index contributed by atoms with van der Waals surface area (Å²) in [5.41, 5.74) is 2.44. The molecule has 5 rings (SSSR count). The molecule has 13 N–H and O–H groups in total. The molecular formula is C48H53N9O17. The van der Waals surface area contributed by atoms with Gasteiger partial charge in [0.1, 0.15) is 36.3 Å². The number of nitrogens with zero attached hydrogens (tertiary/aromatic N) is 1. The molecule has 0 fully saturated rings. The lowest BCUT2D eigenvalue weighted by atomic mass is 10.0. The molecule has 0 saturated heterocycles. The fourth-order valence-electron chi connectivity index (χ4n) is 7.97. The first-order valence-corrected chi connectivity index (χ1v) is 22.7. The number of H-pyrrole nitrogens is 1. The molecule has 74 heavy (non-hydrogen) atoms. The molecule has 1 aliphatic rings. The Morgan fingerprint density at radius 2 is 1.20 bits per heavy atom. The van der Waals surface area contributed by atoms with Gasteiger partial charge >= 0.3 is 29.8 Å². The number of carboxylic acids is 5. The number of hydrogen-bond donors (Lipinski definition) is 13. The van der Waals surface area contributed by atoms with Crippen LogP contribution in [0.25, 0.3) is 10.9 Å². The number of aromatic amines is 1. The molecule has 3 aromatic carbocycles. The third-order valence-corrected chi connectivity index (χ3v) is 11.4. The number of rotatable bonds is 26. The zero-order chi connectivity index (χ0) is 54.2. The Hall–Kier alpha value is -9.36. The average molecular weight is 1030 g/mol. The maximum Gasteiger partial charge on any atom is 0.326 e. The van der Waals surface area contributed by atoms with Crippen molar-refractivity contribution in [1.82, 2.24) is 36.5 Å². The van der Waals surface area contributed by atoms with Gasteiger partial charge < -0.3 is 72.6 Å². The lowest BCUT2D eigenvalue weighted by molar-refractivity contribution is -0.144. The van der Waals surface area contributed by atoms with Crippen LogP contribution in [0.15, 0.2) is 79.0 Å². The summed E-state index contributed by atoms with van der Waals surface area (Å²) in [4.78, 5) is 158. The molecule has 0 bridgehead atoms. The molecule has 26 heteroatoms. The fourth-order valence-corrected chi connectivity index (χ4v) is 7.97. The number of amides is 7. The van der Waals surface area contributed by atoms with E-state index in [9.17, 15) is 78.0 Å². The van der Waals surface area contributed by atoms with E-state index < -0.39 is 146 Å². The maximum atomic E-state index is 14.5. The molecule has 7 amide bonds. The van der Waals surface area contributed by atoms with Crippen molar-refractivity contribution in [2.75, 3.05) is 17.2 Å². The smallest absolute Gasteiger partial charge is 0.326 e. The fraction of sp³-hybridized carbons (Fsp3) is 0.333. The van der Waals surface area contributed by atoms with Crippen LogP contribution in [0, 0.1) is 0 Å². The average Bonchev–Trinajstić information content (AvgIpc) is 3.68. The van der Waals surface area contributed by atoms with Crippen LogP contribution in [0.4, 0.5) is 11.4 Å². The van der Waals surface area contributed by atoms with Gasteiger partial charge in [-0.3, -0.25) is 52.7 Å². The number of hydrogen-bond acceptors (Lipinski definition) is 13. The second-order valence-corrected chi connectivity index (χ2v) is 17.1. The summed E-state index contributed by atoms with van der Waals surface area (Å²) in [5, 5.41) is 65.3. The highest BCUT2D eigenvalue weighted by Gasteiger charge is 2.36. The molecule has 0 radical (unpaired) electrons. The number of carbonyl (C=O) groups excluding carboxylic acids is 7. The lowest BCUT2D eigenvalue weighted by Crippen LogP contribution is -2.58. The highest BCUT2D eigenvalue weighted by molar-refractivity contribution is 6.04. The van der Waals surface area contributed by atoms with E-state index in [0.717, 1.165) is 17.8 Å². The maximum absolute atomic E-state index is 14.5. The van der Waals surface area contributed by atoms with Crippen LogP contribution < -0.4 is 37.2 Å². The van der Waals surface area contributed by atoms with Gasteiger partial charge in [0.2, 0.25) is 41.4 Å². The van der Waals surface area contributed by atoms with Gasteiger partial charge in [0, 0.05) is 49.8 Å².